The molecule has 256 valence electrons. The molecular formula is C44H44N4OPt. The normalized spacial score (nSPS) is 12.6. The SMILES string of the molecule is CCCC(C)CC(C)c1ccc2c(c1)c1ccc(Oc3[c-]c(-n4nc(C)c(-c5ccccc5)c4C)cc(C)c3)[c-]c1n2-c1cc(C)ccn1.[Pt+2]. The van der Waals surface area contributed by atoms with E-state index in [9.17, 15) is 0 Å². The molecule has 0 saturated heterocycles. The Morgan fingerprint density at radius 3 is 2.36 bits per heavy atom. The molecule has 0 amide bonds. The number of ether oxygens (including phenoxy) is 1. The summed E-state index contributed by atoms with van der Waals surface area (Å²) in [6.45, 7) is 15.3. The maximum Gasteiger partial charge on any atom is 2.00 e. The second-order valence-electron chi connectivity index (χ2n) is 13.8. The van der Waals surface area contributed by atoms with Gasteiger partial charge in [-0.15, -0.1) is 35.7 Å². The first-order chi connectivity index (χ1) is 23.7. The van der Waals surface area contributed by atoms with Gasteiger partial charge in [0.15, 0.2) is 0 Å². The fourth-order valence-electron chi connectivity index (χ4n) is 7.39. The molecule has 2 unspecified atom stereocenters. The van der Waals surface area contributed by atoms with Crippen LogP contribution in [0.5, 0.6) is 11.5 Å². The zero-order valence-corrected chi connectivity index (χ0v) is 32.2. The van der Waals surface area contributed by atoms with Crippen molar-refractivity contribution in [1.82, 2.24) is 19.3 Å². The molecular weight excluding hydrogens is 796 g/mol. The van der Waals surface area contributed by atoms with Crippen LogP contribution in [0.25, 0.3) is 44.4 Å². The van der Waals surface area contributed by atoms with Crippen molar-refractivity contribution in [2.75, 3.05) is 0 Å². The summed E-state index contributed by atoms with van der Waals surface area (Å²) < 4.78 is 10.7. The van der Waals surface area contributed by atoms with Crippen LogP contribution in [0, 0.1) is 45.7 Å². The van der Waals surface area contributed by atoms with Crippen LogP contribution in [0.1, 0.15) is 74.0 Å². The Labute approximate surface area is 310 Å². The number of fused-ring (bicyclic) bond motifs is 3. The fourth-order valence-corrected chi connectivity index (χ4v) is 7.39. The summed E-state index contributed by atoms with van der Waals surface area (Å²) in [4.78, 5) is 4.80. The van der Waals surface area contributed by atoms with Crippen LogP contribution < -0.4 is 4.74 Å². The van der Waals surface area contributed by atoms with Gasteiger partial charge in [-0.25, -0.2) is 4.98 Å². The van der Waals surface area contributed by atoms with Gasteiger partial charge in [0.1, 0.15) is 5.82 Å². The first-order valence-electron chi connectivity index (χ1n) is 17.5. The van der Waals surface area contributed by atoms with Gasteiger partial charge in [0.2, 0.25) is 0 Å². The molecule has 2 atom stereocenters. The number of pyridine rings is 1. The molecule has 7 rings (SSSR count). The molecule has 4 aromatic carbocycles. The topological polar surface area (TPSA) is 44.9 Å². The molecule has 0 aliphatic heterocycles. The molecule has 6 heteroatoms. The Balaban J connectivity index is 0.00000432. The molecule has 0 aliphatic carbocycles. The van der Waals surface area contributed by atoms with E-state index >= 15 is 0 Å². The summed E-state index contributed by atoms with van der Waals surface area (Å²) in [5, 5.41) is 7.26. The van der Waals surface area contributed by atoms with Gasteiger partial charge in [-0.2, -0.15) is 16.7 Å². The van der Waals surface area contributed by atoms with E-state index in [4.69, 9.17) is 14.8 Å². The van der Waals surface area contributed by atoms with Crippen LogP contribution in [-0.2, 0) is 21.1 Å². The Hall–Kier alpha value is -4.47. The van der Waals surface area contributed by atoms with E-state index in [0.29, 0.717) is 23.3 Å². The van der Waals surface area contributed by atoms with Crippen molar-refractivity contribution in [2.45, 2.75) is 73.6 Å². The Morgan fingerprint density at radius 2 is 1.60 bits per heavy atom. The van der Waals surface area contributed by atoms with Gasteiger partial charge in [-0.3, -0.25) is 4.68 Å². The number of hydrogen-bond acceptors (Lipinski definition) is 3. The Morgan fingerprint density at radius 1 is 0.800 bits per heavy atom. The smallest absolute Gasteiger partial charge is 0.509 e. The van der Waals surface area contributed by atoms with Gasteiger partial charge in [-0.1, -0.05) is 88.5 Å². The summed E-state index contributed by atoms with van der Waals surface area (Å²) in [7, 11) is 0. The Bertz CT molecular complexity index is 2280. The summed E-state index contributed by atoms with van der Waals surface area (Å²) in [6, 6.07) is 36.9. The van der Waals surface area contributed by atoms with E-state index in [1.165, 1.54) is 30.2 Å². The molecule has 0 fully saturated rings. The molecule has 0 radical (unpaired) electrons. The van der Waals surface area contributed by atoms with Gasteiger partial charge in [0.05, 0.1) is 5.69 Å². The molecule has 0 spiro atoms. The maximum absolute atomic E-state index is 6.54. The maximum atomic E-state index is 6.54. The van der Waals surface area contributed by atoms with Crippen molar-refractivity contribution in [1.29, 1.82) is 0 Å². The number of aryl methyl sites for hydroxylation is 3. The molecule has 3 aromatic heterocycles. The molecule has 7 aromatic rings. The van der Waals surface area contributed by atoms with E-state index in [-0.39, 0.29) is 21.1 Å². The van der Waals surface area contributed by atoms with Gasteiger partial charge in [-0.05, 0) is 85.0 Å². The minimum atomic E-state index is 0. The van der Waals surface area contributed by atoms with E-state index in [2.05, 4.69) is 126 Å². The monoisotopic (exact) mass is 839 g/mol. The van der Waals surface area contributed by atoms with Crippen LogP contribution in [0.2, 0.25) is 0 Å². The summed E-state index contributed by atoms with van der Waals surface area (Å²) >= 11 is 0. The number of hydrogen-bond donors (Lipinski definition) is 0. The van der Waals surface area contributed by atoms with E-state index in [0.717, 1.165) is 61.6 Å². The second kappa shape index (κ2) is 14.8. The third-order valence-corrected chi connectivity index (χ3v) is 9.69. The average molecular weight is 840 g/mol. The summed E-state index contributed by atoms with van der Waals surface area (Å²) in [6.07, 6.45) is 5.54. The van der Waals surface area contributed by atoms with Crippen LogP contribution in [0.15, 0.2) is 91.1 Å². The van der Waals surface area contributed by atoms with Crippen LogP contribution in [0.4, 0.5) is 0 Å². The van der Waals surface area contributed by atoms with Crippen molar-refractivity contribution >= 4 is 21.8 Å². The predicted octanol–water partition coefficient (Wildman–Crippen LogP) is 11.6. The van der Waals surface area contributed by atoms with E-state index in [1.54, 1.807) is 0 Å². The minimum absolute atomic E-state index is 0. The van der Waals surface area contributed by atoms with Crippen molar-refractivity contribution in [3.63, 3.8) is 0 Å². The summed E-state index contributed by atoms with van der Waals surface area (Å²) in [5.74, 6) is 3.29. The van der Waals surface area contributed by atoms with E-state index in [1.807, 2.05) is 35.1 Å². The van der Waals surface area contributed by atoms with Gasteiger partial charge >= 0.3 is 21.1 Å². The van der Waals surface area contributed by atoms with Gasteiger partial charge in [0, 0.05) is 34.5 Å². The molecule has 0 aliphatic rings. The minimum Gasteiger partial charge on any atom is -0.509 e. The van der Waals surface area contributed by atoms with Crippen molar-refractivity contribution in [2.24, 2.45) is 5.92 Å². The van der Waals surface area contributed by atoms with E-state index < -0.39 is 0 Å². The quantitative estimate of drug-likeness (QED) is 0.129. The number of benzene rings is 4. The third-order valence-electron chi connectivity index (χ3n) is 9.69. The molecule has 0 bridgehead atoms. The zero-order chi connectivity index (χ0) is 34.2. The van der Waals surface area contributed by atoms with Crippen LogP contribution in [-0.4, -0.2) is 19.3 Å². The van der Waals surface area contributed by atoms with Crippen LogP contribution in [0.3, 0.4) is 0 Å². The van der Waals surface area contributed by atoms with Crippen LogP contribution >= 0.6 is 0 Å². The molecule has 5 nitrogen and oxygen atoms in total. The number of rotatable bonds is 10. The van der Waals surface area contributed by atoms with Gasteiger partial charge < -0.3 is 9.30 Å². The zero-order valence-electron chi connectivity index (χ0n) is 29.9. The predicted molar refractivity (Wildman–Crippen MR) is 201 cm³/mol. The standard InChI is InChI=1S/C44H44N4O.Pt/c1-8-12-28(2)21-31(5)35-15-18-41-40(25-35)39-17-16-37(27-42(39)47(41)43-24-29(3)19-20-45-43)49-38-23-30(4)22-36(26-38)48-33(7)44(32(6)46-48)34-13-10-9-11-14-34;/h9-11,13-20,22-25,28,31H,8,12,21H2,1-7H3;/q-2;+2. The molecule has 3 heterocycles. The number of aromatic nitrogens is 4. The van der Waals surface area contributed by atoms with Crippen molar-refractivity contribution in [3.05, 3.63) is 131 Å². The first-order valence-corrected chi connectivity index (χ1v) is 17.5. The molecule has 0 saturated carbocycles. The third kappa shape index (κ3) is 6.94. The van der Waals surface area contributed by atoms with Gasteiger partial charge in [0.25, 0.3) is 0 Å². The van der Waals surface area contributed by atoms with Crippen molar-refractivity contribution in [3.8, 4) is 34.1 Å². The van der Waals surface area contributed by atoms with Crippen molar-refractivity contribution < 1.29 is 25.8 Å². The second-order valence-corrected chi connectivity index (χ2v) is 13.8. The largest absolute Gasteiger partial charge is 2.00 e. The average Bonchev–Trinajstić information content (AvgIpc) is 3.57. The molecule has 0 N–H and O–H groups in total. The molecule has 50 heavy (non-hydrogen) atoms. The first kappa shape index (κ1) is 35.4. The Kier molecular flexibility index (Phi) is 10.5. The number of nitrogens with zero attached hydrogens (tertiary/aromatic N) is 4. The fraction of sp³-hybridized carbons (Fsp3) is 0.273. The summed E-state index contributed by atoms with van der Waals surface area (Å²) in [5.41, 5.74) is 10.8.